The molecule has 0 spiro atoms. The normalized spacial score (nSPS) is 13.7. The minimum absolute atomic E-state index is 0.00685. The molecule has 0 amide bonds. The van der Waals surface area contributed by atoms with Crippen LogP contribution < -0.4 is 10.9 Å². The fraction of sp³-hybridized carbons (Fsp3) is 0.240. The van der Waals surface area contributed by atoms with Crippen LogP contribution in [0.5, 0.6) is 0 Å². The molecule has 0 saturated carbocycles. The number of fused-ring (bicyclic) bond motifs is 1. The third-order valence-electron chi connectivity index (χ3n) is 5.91. The van der Waals surface area contributed by atoms with E-state index in [-0.39, 0.29) is 17.4 Å². The molecule has 7 heteroatoms. The van der Waals surface area contributed by atoms with Crippen molar-refractivity contribution in [1.82, 2.24) is 19.3 Å². The Kier molecular flexibility index (Phi) is 5.31. The van der Waals surface area contributed by atoms with Crippen molar-refractivity contribution in [3.05, 3.63) is 99.7 Å². The van der Waals surface area contributed by atoms with Gasteiger partial charge in [0.15, 0.2) is 0 Å². The number of benzene rings is 2. The Morgan fingerprint density at radius 2 is 1.78 bits per heavy atom. The van der Waals surface area contributed by atoms with Crippen LogP contribution in [0.3, 0.4) is 0 Å². The number of anilines is 1. The fourth-order valence-electron chi connectivity index (χ4n) is 4.30. The van der Waals surface area contributed by atoms with Crippen molar-refractivity contribution in [2.45, 2.75) is 38.9 Å². The number of hydrogen-bond acceptors (Lipinski definition) is 4. The molecule has 4 aromatic rings. The first-order chi connectivity index (χ1) is 15.6. The van der Waals surface area contributed by atoms with E-state index in [0.29, 0.717) is 30.2 Å². The monoisotopic (exact) mass is 429 g/mol. The van der Waals surface area contributed by atoms with Gasteiger partial charge in [0.05, 0.1) is 23.0 Å². The second-order valence-electron chi connectivity index (χ2n) is 8.08. The highest BCUT2D eigenvalue weighted by molar-refractivity contribution is 5.61. The third-order valence-corrected chi connectivity index (χ3v) is 5.91. The molecule has 162 valence electrons. The lowest BCUT2D eigenvalue weighted by Crippen LogP contribution is -2.18. The lowest BCUT2D eigenvalue weighted by atomic mass is 10.0. The van der Waals surface area contributed by atoms with Gasteiger partial charge in [-0.3, -0.25) is 9.48 Å². The summed E-state index contributed by atoms with van der Waals surface area (Å²) in [5, 5.41) is 3.36. The molecule has 2 aromatic carbocycles. The van der Waals surface area contributed by atoms with Gasteiger partial charge < -0.3 is 5.32 Å². The van der Waals surface area contributed by atoms with E-state index in [1.165, 1.54) is 12.1 Å². The van der Waals surface area contributed by atoms with Gasteiger partial charge in [0.2, 0.25) is 5.95 Å². The summed E-state index contributed by atoms with van der Waals surface area (Å²) >= 11 is 0. The van der Waals surface area contributed by atoms with Gasteiger partial charge in [-0.25, -0.2) is 19.0 Å². The minimum atomic E-state index is -0.288. The molecule has 1 aliphatic heterocycles. The van der Waals surface area contributed by atoms with Crippen molar-refractivity contribution in [3.8, 4) is 11.4 Å². The average molecular weight is 429 g/mol. The van der Waals surface area contributed by atoms with Gasteiger partial charge in [-0.05, 0) is 42.7 Å². The van der Waals surface area contributed by atoms with Gasteiger partial charge in [0.1, 0.15) is 5.82 Å². The van der Waals surface area contributed by atoms with Crippen LogP contribution in [0, 0.1) is 5.82 Å². The van der Waals surface area contributed by atoms with E-state index in [9.17, 15) is 9.18 Å². The summed E-state index contributed by atoms with van der Waals surface area (Å²) in [6.07, 6.45) is 3.06. The van der Waals surface area contributed by atoms with E-state index in [0.717, 1.165) is 29.8 Å². The second-order valence-corrected chi connectivity index (χ2v) is 8.08. The van der Waals surface area contributed by atoms with E-state index < -0.39 is 0 Å². The molecule has 5 rings (SSSR count). The van der Waals surface area contributed by atoms with Crippen molar-refractivity contribution in [2.24, 2.45) is 0 Å². The molecule has 6 nitrogen and oxygen atoms in total. The molecule has 1 aliphatic rings. The summed E-state index contributed by atoms with van der Waals surface area (Å²) in [6, 6.07) is 18.3. The van der Waals surface area contributed by atoms with Crippen LogP contribution in [-0.4, -0.2) is 19.3 Å². The zero-order chi connectivity index (χ0) is 22.1. The first-order valence-electron chi connectivity index (χ1n) is 10.8. The molecule has 0 aliphatic carbocycles. The number of rotatable bonds is 6. The molecule has 0 saturated heterocycles. The van der Waals surface area contributed by atoms with Crippen molar-refractivity contribution in [3.63, 3.8) is 0 Å². The zero-order valence-corrected chi connectivity index (χ0v) is 17.8. The SMILES string of the molecule is C[C@H](Nc1nccc(-c2c(Cc3ccc(F)cc3)c(=O)n3n2CCC3)n1)c1ccccc1. The van der Waals surface area contributed by atoms with Gasteiger partial charge in [0.25, 0.3) is 5.56 Å². The maximum absolute atomic E-state index is 13.4. The van der Waals surface area contributed by atoms with Gasteiger partial charge >= 0.3 is 0 Å². The lowest BCUT2D eigenvalue weighted by Gasteiger charge is -2.15. The Balaban J connectivity index is 1.52. The number of aromatic nitrogens is 4. The van der Waals surface area contributed by atoms with Crippen LogP contribution in [0.25, 0.3) is 11.4 Å². The predicted octanol–water partition coefficient (Wildman–Crippen LogP) is 4.41. The fourth-order valence-corrected chi connectivity index (χ4v) is 4.30. The Hall–Kier alpha value is -3.74. The Labute approximate surface area is 185 Å². The second kappa shape index (κ2) is 8.42. The highest BCUT2D eigenvalue weighted by Crippen LogP contribution is 2.27. The van der Waals surface area contributed by atoms with Crippen molar-refractivity contribution < 1.29 is 4.39 Å². The number of hydrogen-bond donors (Lipinski definition) is 1. The maximum Gasteiger partial charge on any atom is 0.270 e. The standard InChI is InChI=1S/C25H24FN5O/c1-17(19-6-3-2-4-7-19)28-25-27-13-12-22(29-25)23-21(16-18-8-10-20(26)11-9-18)24(32)31-15-5-14-30(23)31/h2-4,6-13,17H,5,14-16H2,1H3,(H,27,28,29)/t17-/m0/s1. The van der Waals surface area contributed by atoms with Crippen LogP contribution in [0.1, 0.15) is 36.1 Å². The van der Waals surface area contributed by atoms with Gasteiger partial charge in [-0.1, -0.05) is 42.5 Å². The van der Waals surface area contributed by atoms with Crippen LogP contribution >= 0.6 is 0 Å². The third kappa shape index (κ3) is 3.82. The first-order valence-corrected chi connectivity index (χ1v) is 10.8. The molecule has 0 unspecified atom stereocenters. The quantitative estimate of drug-likeness (QED) is 0.493. The first kappa shape index (κ1) is 20.2. The summed E-state index contributed by atoms with van der Waals surface area (Å²) in [6.45, 7) is 3.52. The average Bonchev–Trinajstić information content (AvgIpc) is 3.38. The summed E-state index contributed by atoms with van der Waals surface area (Å²) in [5.41, 5.74) is 4.22. The van der Waals surface area contributed by atoms with Gasteiger partial charge in [-0.2, -0.15) is 0 Å². The Morgan fingerprint density at radius 3 is 2.56 bits per heavy atom. The largest absolute Gasteiger partial charge is 0.348 e. The number of nitrogens with one attached hydrogen (secondary N) is 1. The van der Waals surface area contributed by atoms with Crippen LogP contribution in [0.15, 0.2) is 71.7 Å². The molecule has 3 heterocycles. The van der Waals surface area contributed by atoms with E-state index in [4.69, 9.17) is 4.98 Å². The van der Waals surface area contributed by atoms with E-state index in [1.807, 2.05) is 28.9 Å². The molecule has 2 aromatic heterocycles. The van der Waals surface area contributed by atoms with Crippen LogP contribution in [0.4, 0.5) is 10.3 Å². The summed E-state index contributed by atoms with van der Waals surface area (Å²) < 4.78 is 17.2. The smallest absolute Gasteiger partial charge is 0.270 e. The minimum Gasteiger partial charge on any atom is -0.348 e. The Morgan fingerprint density at radius 1 is 1.03 bits per heavy atom. The number of halogens is 1. The van der Waals surface area contributed by atoms with Crippen molar-refractivity contribution in [2.75, 3.05) is 5.32 Å². The molecular formula is C25H24FN5O. The molecule has 1 N–H and O–H groups in total. The predicted molar refractivity (Wildman–Crippen MR) is 122 cm³/mol. The van der Waals surface area contributed by atoms with E-state index in [2.05, 4.69) is 29.4 Å². The van der Waals surface area contributed by atoms with Gasteiger partial charge in [-0.15, -0.1) is 0 Å². The molecule has 0 fully saturated rings. The van der Waals surface area contributed by atoms with Crippen molar-refractivity contribution >= 4 is 5.95 Å². The maximum atomic E-state index is 13.4. The number of nitrogens with zero attached hydrogens (tertiary/aromatic N) is 4. The molecule has 1 atom stereocenters. The van der Waals surface area contributed by atoms with Gasteiger partial charge in [0, 0.05) is 25.7 Å². The molecule has 32 heavy (non-hydrogen) atoms. The summed E-state index contributed by atoms with van der Waals surface area (Å²) in [4.78, 5) is 22.3. The summed E-state index contributed by atoms with van der Waals surface area (Å²) in [5.74, 6) is 0.224. The molecule has 0 bridgehead atoms. The highest BCUT2D eigenvalue weighted by atomic mass is 19.1. The molecular weight excluding hydrogens is 405 g/mol. The lowest BCUT2D eigenvalue weighted by molar-refractivity contribution is 0.598. The van der Waals surface area contributed by atoms with Crippen molar-refractivity contribution in [1.29, 1.82) is 0 Å². The molecule has 0 radical (unpaired) electrons. The van der Waals surface area contributed by atoms with E-state index >= 15 is 0 Å². The topological polar surface area (TPSA) is 64.7 Å². The van der Waals surface area contributed by atoms with Crippen LogP contribution in [0.2, 0.25) is 0 Å². The van der Waals surface area contributed by atoms with Crippen LogP contribution in [-0.2, 0) is 19.5 Å². The Bertz CT molecular complexity index is 1290. The highest BCUT2D eigenvalue weighted by Gasteiger charge is 2.25. The van der Waals surface area contributed by atoms with E-state index in [1.54, 1.807) is 23.0 Å². The zero-order valence-electron chi connectivity index (χ0n) is 17.8. The summed E-state index contributed by atoms with van der Waals surface area (Å²) in [7, 11) is 0.